The van der Waals surface area contributed by atoms with Crippen molar-refractivity contribution in [3.63, 3.8) is 0 Å². The minimum absolute atomic E-state index is 0.00950. The number of rotatable bonds is 50. The predicted molar refractivity (Wildman–Crippen MR) is 608 cm³/mol. The fraction of sp³-hybridized carbons (Fsp3) is 0.871. The van der Waals surface area contributed by atoms with Gasteiger partial charge in [-0.2, -0.15) is 0 Å². The average Bonchev–Trinajstić information content (AvgIpc) is 1.71. The van der Waals surface area contributed by atoms with Gasteiger partial charge in [-0.3, -0.25) is 77.5 Å². The second kappa shape index (κ2) is 82.7. The number of carbonyl (C=O) groups excluding carboxylic acids is 9. The predicted octanol–water partition coefficient (Wildman–Crippen LogP) is 15.5. The highest BCUT2D eigenvalue weighted by Gasteiger charge is 2.36. The molecule has 0 spiro atoms. The molecule has 5 heterocycles. The number of carbonyl (C=O) groups is 9. The Labute approximate surface area is 891 Å². The lowest BCUT2D eigenvalue weighted by Crippen LogP contribution is -2.51. The molecule has 850 valence electrons. The van der Waals surface area contributed by atoms with Crippen LogP contribution in [-0.4, -0.2) is 438 Å². The van der Waals surface area contributed by atoms with Crippen LogP contribution >= 0.6 is 0 Å². The summed E-state index contributed by atoms with van der Waals surface area (Å²) in [7, 11) is 25.1. The molecule has 3 atom stereocenters. The number of piperazine rings is 1. The first-order valence-electron chi connectivity index (χ1n) is 56.8. The van der Waals surface area contributed by atoms with Gasteiger partial charge in [-0.15, -0.1) is 0 Å². The van der Waals surface area contributed by atoms with Gasteiger partial charge in [0.25, 0.3) is 0 Å². The van der Waals surface area contributed by atoms with Crippen LogP contribution < -0.4 is 15.4 Å². The van der Waals surface area contributed by atoms with E-state index >= 15 is 0 Å². The molecular weight excluding hydrogens is 1820 g/mol. The van der Waals surface area contributed by atoms with E-state index in [0.717, 1.165) is 185 Å². The highest BCUT2D eigenvalue weighted by molar-refractivity contribution is 5.87. The van der Waals surface area contributed by atoms with Crippen molar-refractivity contribution in [2.24, 2.45) is 71.0 Å². The van der Waals surface area contributed by atoms with Crippen LogP contribution in [0, 0.1) is 71.0 Å². The molecule has 0 aromatic heterocycles. The lowest BCUT2D eigenvalue weighted by molar-refractivity contribution is -0.141. The summed E-state index contributed by atoms with van der Waals surface area (Å²) in [5, 5.41) is 5.55. The van der Waals surface area contributed by atoms with Crippen molar-refractivity contribution in [1.29, 1.82) is 0 Å². The van der Waals surface area contributed by atoms with Crippen molar-refractivity contribution in [3.8, 4) is 5.75 Å². The Morgan fingerprint density at radius 2 is 0.862 bits per heavy atom. The van der Waals surface area contributed by atoms with E-state index < -0.39 is 0 Å². The number of hydrogen-bond acceptors (Lipinski definition) is 21. The topological polar surface area (TPSA) is 248 Å². The van der Waals surface area contributed by atoms with Crippen LogP contribution in [0.5, 0.6) is 5.75 Å². The number of hydrogen-bond donors (Lipinski definition) is 2. The Kier molecular flexibility index (Phi) is 80.4. The third kappa shape index (κ3) is 77.9. The minimum Gasteiger partial charge on any atom is -0.494 e. The van der Waals surface area contributed by atoms with E-state index in [1.165, 1.54) is 109 Å². The number of Topliss-reactive ketones (excluding diaryl/α,β-unsaturated/α-hetero) is 1. The first-order chi connectivity index (χ1) is 68.0. The largest absolute Gasteiger partial charge is 0.494 e. The molecular formula is C116H230N18O11. The van der Waals surface area contributed by atoms with Crippen molar-refractivity contribution in [3.05, 3.63) is 29.8 Å². The normalized spacial score (nSPS) is 16.8. The molecule has 3 unspecified atom stereocenters. The molecule has 1 aromatic rings. The molecule has 6 aliphatic rings. The van der Waals surface area contributed by atoms with Gasteiger partial charge in [0, 0.05) is 186 Å². The average molecular weight is 2050 g/mol. The van der Waals surface area contributed by atoms with Crippen LogP contribution in [0.1, 0.15) is 287 Å². The van der Waals surface area contributed by atoms with Crippen molar-refractivity contribution in [2.45, 2.75) is 307 Å². The summed E-state index contributed by atoms with van der Waals surface area (Å²) in [5.41, 5.74) is 1.11. The second-order valence-corrected chi connectivity index (χ2v) is 47.8. The molecule has 6 fully saturated rings. The molecule has 1 saturated carbocycles. The summed E-state index contributed by atoms with van der Waals surface area (Å²) in [6.45, 7) is 77.7. The first-order valence-corrected chi connectivity index (χ1v) is 56.8. The third-order valence-electron chi connectivity index (χ3n) is 25.7. The number of fused-ring (bicyclic) bond motifs is 2. The van der Waals surface area contributed by atoms with Crippen molar-refractivity contribution >= 4 is 53.0 Å². The zero-order chi connectivity index (χ0) is 111. The van der Waals surface area contributed by atoms with Gasteiger partial charge >= 0.3 is 0 Å². The zero-order valence-electron chi connectivity index (χ0n) is 101. The standard InChI is InChI=1S/C20H35N3O2.C14H27N3O2.C14H28N2O2.C14H28N2O.C13H24N2O2.C11H24N2O.C11H22.C10H22N2O.C9H20N2/c1-17(2)14-22(5)16-20(24)23(6)15-18-8-10-19(11-9-18)25-13-7-12-21(3)4;1-11(2)8-16(4)10-14(19)17-7-5-6-13(9-17)15-12(3)18;1-11(2)7-13(17)9-16(6)14(18)10-15(5)8-12(3)4;1-5-13-6-8-16(9-7-13)14(17)11-15(4)10-12(2)3;1-10(2)6-14(3)9-13(16)15-7-11-4-5-12(8-15)17-11;1-6-7-13(8-10(2)3)9-11(14)12(4)5;1-10(2)8-9-11-6-4-3-5-7-11;1-5-6-12(7-9(2)3)8-10(13)11-4;1-9(2)8-11-6-4-10(3)5-7-11/h8-11,17H,7,12-16H2,1-6H3;11,13H,5-10H2,1-4H3,(H,15,18);11-12H,7-10H2,1-6H3;12-13H,5-11H2,1-4H3;10-12H,4-9H2,1-3H3;10H,6-9H2,1-5H3;10-11H,3-9H2,1-2H3;9H,5-8H2,1-4H3,(H,11,13);9H,4-8H2,1-3H3. The van der Waals surface area contributed by atoms with Crippen LogP contribution in [0.3, 0.4) is 0 Å². The summed E-state index contributed by atoms with van der Waals surface area (Å²) in [6.07, 6.45) is 22.7. The van der Waals surface area contributed by atoms with E-state index in [-0.39, 0.29) is 59.7 Å². The SMILES string of the molecule is CC(=O)NC1CCCN(C(=O)CN(C)CC(C)C)C1.CC(C)CC(=O)CN(C)C(=O)CN(C)CC(C)C.CC(C)CCC1CCCCC1.CC(C)CN(C)CC(=O)N(C)Cc1ccc(OCCCN(C)C)cc1.CC(C)CN(C)CC(=O)N1CC2CCC(C1)O2.CC(C)CN1CCN(C)CC1.CCC1CCN(C(=O)CN(C)CC(C)C)CC1.CCCN(CC(=O)N(C)C)CC(C)C.CCCN(CC(=O)NC)CC(C)C. The molecule has 5 saturated heterocycles. The number of amides is 8. The van der Waals surface area contributed by atoms with Gasteiger partial charge in [-0.25, -0.2) is 0 Å². The number of ether oxygens (including phenoxy) is 2. The lowest BCUT2D eigenvalue weighted by Gasteiger charge is -2.34. The third-order valence-corrected chi connectivity index (χ3v) is 25.7. The molecule has 8 amide bonds. The number of piperidine rings is 2. The molecule has 7 rings (SSSR count). The molecule has 1 aromatic carbocycles. The lowest BCUT2D eigenvalue weighted by atomic mass is 9.85. The maximum absolute atomic E-state index is 12.3. The molecule has 5 aliphatic heterocycles. The van der Waals surface area contributed by atoms with Crippen LogP contribution in [0.2, 0.25) is 0 Å². The van der Waals surface area contributed by atoms with Gasteiger partial charge in [0.05, 0.1) is 71.2 Å². The van der Waals surface area contributed by atoms with E-state index in [9.17, 15) is 43.2 Å². The van der Waals surface area contributed by atoms with Crippen LogP contribution in [0.4, 0.5) is 0 Å². The number of nitrogens with one attached hydrogen (secondary N) is 2. The number of nitrogens with zero attached hydrogens (tertiary/aromatic N) is 16. The summed E-state index contributed by atoms with van der Waals surface area (Å²) in [4.78, 5) is 139. The molecule has 145 heavy (non-hydrogen) atoms. The number of likely N-dealkylation sites (tertiary alicyclic amines) is 3. The minimum atomic E-state index is -0.0174. The van der Waals surface area contributed by atoms with Gasteiger partial charge < -0.3 is 64.2 Å². The number of likely N-dealkylation sites (N-methyl/N-ethyl adjacent to an activating group) is 10. The van der Waals surface area contributed by atoms with Gasteiger partial charge in [0.15, 0.2) is 5.78 Å². The fourth-order valence-electron chi connectivity index (χ4n) is 19.0. The quantitative estimate of drug-likeness (QED) is 0.0575. The second-order valence-electron chi connectivity index (χ2n) is 47.8. The zero-order valence-corrected chi connectivity index (χ0v) is 101. The summed E-state index contributed by atoms with van der Waals surface area (Å²) >= 11 is 0. The number of benzene rings is 1. The highest BCUT2D eigenvalue weighted by atomic mass is 16.5. The molecule has 29 nitrogen and oxygen atoms in total. The van der Waals surface area contributed by atoms with Crippen molar-refractivity contribution in [2.75, 3.05) is 288 Å². The maximum atomic E-state index is 12.3. The molecule has 2 N–H and O–H groups in total. The van der Waals surface area contributed by atoms with Crippen LogP contribution in [0.15, 0.2) is 24.3 Å². The van der Waals surface area contributed by atoms with Crippen molar-refractivity contribution in [1.82, 2.24) is 89.0 Å². The summed E-state index contributed by atoms with van der Waals surface area (Å²) in [6, 6.07) is 8.14. The first kappa shape index (κ1) is 141. The maximum Gasteiger partial charge on any atom is 0.236 e. The molecule has 29 heteroatoms. The Balaban J connectivity index is 0. The highest BCUT2D eigenvalue weighted by Crippen LogP contribution is 2.30. The molecule has 0 radical (unpaired) electrons. The smallest absolute Gasteiger partial charge is 0.236 e. The van der Waals surface area contributed by atoms with Crippen molar-refractivity contribution < 1.29 is 52.6 Å². The van der Waals surface area contributed by atoms with Gasteiger partial charge in [0.2, 0.25) is 47.3 Å². The van der Waals surface area contributed by atoms with Crippen LogP contribution in [0.25, 0.3) is 0 Å². The molecule has 1 aliphatic carbocycles. The Hall–Kier alpha value is -5.99. The summed E-state index contributed by atoms with van der Waals surface area (Å²) < 4.78 is 11.5. The van der Waals surface area contributed by atoms with E-state index in [1.54, 1.807) is 23.9 Å². The number of ketones is 1. The number of morpholine rings is 1. The monoisotopic (exact) mass is 2050 g/mol. The fourth-order valence-corrected chi connectivity index (χ4v) is 19.0. The van der Waals surface area contributed by atoms with Gasteiger partial charge in [-0.05, 0) is 216 Å². The van der Waals surface area contributed by atoms with E-state index in [4.69, 9.17) is 9.47 Å². The summed E-state index contributed by atoms with van der Waals surface area (Å²) in [5.74, 6) is 10.3. The van der Waals surface area contributed by atoms with E-state index in [2.05, 4.69) is 221 Å². The van der Waals surface area contributed by atoms with E-state index in [1.807, 2.05) is 114 Å². The Morgan fingerprint density at radius 1 is 0.421 bits per heavy atom. The van der Waals surface area contributed by atoms with Gasteiger partial charge in [0.1, 0.15) is 5.75 Å². The van der Waals surface area contributed by atoms with Gasteiger partial charge in [-0.1, -0.05) is 223 Å². The molecule has 2 bridgehead atoms. The Morgan fingerprint density at radius 3 is 1.27 bits per heavy atom. The Bertz CT molecular complexity index is 3460. The van der Waals surface area contributed by atoms with E-state index in [0.29, 0.717) is 131 Å². The van der Waals surface area contributed by atoms with Crippen LogP contribution in [-0.2, 0) is 54.4 Å².